The molecule has 1 amide bonds. The van der Waals surface area contributed by atoms with Gasteiger partial charge in [-0.2, -0.15) is 18.2 Å². The minimum atomic E-state index is -4.44. The molecule has 0 aliphatic carbocycles. The molecule has 1 aromatic carbocycles. The summed E-state index contributed by atoms with van der Waals surface area (Å²) in [5.74, 6) is 0.376. The molecule has 32 heavy (non-hydrogen) atoms. The van der Waals surface area contributed by atoms with Crippen LogP contribution in [0.5, 0.6) is 0 Å². The molecule has 2 heterocycles. The Bertz CT molecular complexity index is 923. The summed E-state index contributed by atoms with van der Waals surface area (Å²) in [7, 11) is 0. The van der Waals surface area contributed by atoms with Crippen LogP contribution in [0.4, 0.5) is 13.2 Å². The molecule has 0 bridgehead atoms. The van der Waals surface area contributed by atoms with Gasteiger partial charge in [0.2, 0.25) is 11.7 Å². The molecule has 3 rings (SSSR count). The first-order valence-corrected chi connectivity index (χ1v) is 10.5. The third-order valence-corrected chi connectivity index (χ3v) is 5.46. The number of halogens is 3. The largest absolute Gasteiger partial charge is 0.416 e. The monoisotopic (exact) mass is 452 g/mol. The maximum absolute atomic E-state index is 13.0. The van der Waals surface area contributed by atoms with E-state index < -0.39 is 17.8 Å². The van der Waals surface area contributed by atoms with Crippen LogP contribution >= 0.6 is 0 Å². The molecule has 1 fully saturated rings. The molecule has 0 spiro atoms. The maximum Gasteiger partial charge on any atom is 0.416 e. The standard InChI is InChI=1S/C22H27F3N4O3/c1-4-5-13-31-16(3)21(30)29-11-9-28(10-12-29)15(2)20-26-19(27-32-20)17-7-6-8-18(14-17)22(23,24)25/h4,6-8,14-16H,1,5,9-13H2,2-3H3. The van der Waals surface area contributed by atoms with Crippen LogP contribution in [-0.2, 0) is 15.7 Å². The van der Waals surface area contributed by atoms with Gasteiger partial charge in [0, 0.05) is 31.7 Å². The number of piperazine rings is 1. The lowest BCUT2D eigenvalue weighted by molar-refractivity contribution is -0.144. The lowest BCUT2D eigenvalue weighted by Gasteiger charge is -2.37. The van der Waals surface area contributed by atoms with Crippen molar-refractivity contribution in [3.63, 3.8) is 0 Å². The Kier molecular flexibility index (Phi) is 7.68. The van der Waals surface area contributed by atoms with Crippen molar-refractivity contribution in [1.82, 2.24) is 19.9 Å². The van der Waals surface area contributed by atoms with Gasteiger partial charge in [-0.15, -0.1) is 6.58 Å². The highest BCUT2D eigenvalue weighted by Crippen LogP contribution is 2.32. The normalized spacial score (nSPS) is 17.2. The van der Waals surface area contributed by atoms with E-state index in [2.05, 4.69) is 21.6 Å². The van der Waals surface area contributed by atoms with Crippen LogP contribution in [0.25, 0.3) is 11.4 Å². The predicted molar refractivity (Wildman–Crippen MR) is 112 cm³/mol. The molecule has 0 N–H and O–H groups in total. The Morgan fingerprint density at radius 2 is 2.00 bits per heavy atom. The number of ether oxygens (including phenoxy) is 1. The van der Waals surface area contributed by atoms with E-state index in [0.717, 1.165) is 12.1 Å². The molecule has 10 heteroatoms. The smallest absolute Gasteiger partial charge is 0.368 e. The molecule has 2 atom stereocenters. The minimum Gasteiger partial charge on any atom is -0.368 e. The molecule has 1 saturated heterocycles. The third-order valence-electron chi connectivity index (χ3n) is 5.46. The fourth-order valence-electron chi connectivity index (χ4n) is 3.50. The molecule has 1 aliphatic heterocycles. The second kappa shape index (κ2) is 10.3. The van der Waals surface area contributed by atoms with Gasteiger partial charge in [0.25, 0.3) is 5.91 Å². The number of alkyl halides is 3. The molecule has 174 valence electrons. The first-order valence-electron chi connectivity index (χ1n) is 10.5. The fourth-order valence-corrected chi connectivity index (χ4v) is 3.50. The summed E-state index contributed by atoms with van der Waals surface area (Å²) in [5.41, 5.74) is -0.527. The van der Waals surface area contributed by atoms with Gasteiger partial charge in [0.1, 0.15) is 6.10 Å². The highest BCUT2D eigenvalue weighted by Gasteiger charge is 2.32. The number of nitrogens with zero attached hydrogens (tertiary/aromatic N) is 4. The highest BCUT2D eigenvalue weighted by atomic mass is 19.4. The second-order valence-corrected chi connectivity index (χ2v) is 7.66. The molecule has 1 aromatic heterocycles. The quantitative estimate of drug-likeness (QED) is 0.446. The average molecular weight is 452 g/mol. The van der Waals surface area contributed by atoms with E-state index in [1.807, 2.05) is 6.92 Å². The van der Waals surface area contributed by atoms with Crippen LogP contribution in [0, 0.1) is 0 Å². The number of benzene rings is 1. The van der Waals surface area contributed by atoms with E-state index in [-0.39, 0.29) is 23.3 Å². The van der Waals surface area contributed by atoms with Crippen molar-refractivity contribution in [1.29, 1.82) is 0 Å². The molecule has 2 aromatic rings. The Labute approximate surface area is 184 Å². The van der Waals surface area contributed by atoms with E-state index in [1.165, 1.54) is 12.1 Å². The molecule has 0 saturated carbocycles. The number of hydrogen-bond donors (Lipinski definition) is 0. The van der Waals surface area contributed by atoms with Crippen molar-refractivity contribution in [2.24, 2.45) is 0 Å². The first-order chi connectivity index (χ1) is 15.2. The zero-order chi connectivity index (χ0) is 23.3. The summed E-state index contributed by atoms with van der Waals surface area (Å²) >= 11 is 0. The van der Waals surface area contributed by atoms with Crippen LogP contribution in [0.3, 0.4) is 0 Å². The van der Waals surface area contributed by atoms with Crippen molar-refractivity contribution < 1.29 is 27.2 Å². The van der Waals surface area contributed by atoms with Crippen molar-refractivity contribution in [3.8, 4) is 11.4 Å². The van der Waals surface area contributed by atoms with Gasteiger partial charge in [-0.1, -0.05) is 23.4 Å². The molecular formula is C22H27F3N4O3. The van der Waals surface area contributed by atoms with E-state index in [0.29, 0.717) is 45.1 Å². The SMILES string of the molecule is C=CCCOC(C)C(=O)N1CCN(C(C)c2nc(-c3cccc(C(F)(F)F)c3)no2)CC1. The van der Waals surface area contributed by atoms with Gasteiger partial charge in [0.05, 0.1) is 18.2 Å². The van der Waals surface area contributed by atoms with Crippen LogP contribution < -0.4 is 0 Å². The summed E-state index contributed by atoms with van der Waals surface area (Å²) < 4.78 is 49.8. The third kappa shape index (κ3) is 5.74. The van der Waals surface area contributed by atoms with Crippen LogP contribution in [0.1, 0.15) is 37.8 Å². The van der Waals surface area contributed by atoms with Crippen LogP contribution in [-0.4, -0.2) is 64.7 Å². The molecule has 0 radical (unpaired) electrons. The van der Waals surface area contributed by atoms with Gasteiger partial charge in [-0.3, -0.25) is 9.69 Å². The highest BCUT2D eigenvalue weighted by molar-refractivity contribution is 5.80. The summed E-state index contributed by atoms with van der Waals surface area (Å²) in [6.45, 7) is 10.0. The van der Waals surface area contributed by atoms with Gasteiger partial charge in [-0.05, 0) is 32.4 Å². The maximum atomic E-state index is 13.0. The van der Waals surface area contributed by atoms with Crippen molar-refractivity contribution in [3.05, 3.63) is 48.4 Å². The van der Waals surface area contributed by atoms with Crippen molar-refractivity contribution in [2.75, 3.05) is 32.8 Å². The summed E-state index contributed by atoms with van der Waals surface area (Å²) in [4.78, 5) is 20.7. The van der Waals surface area contributed by atoms with Gasteiger partial charge in [0.15, 0.2) is 0 Å². The van der Waals surface area contributed by atoms with Gasteiger partial charge in [-0.25, -0.2) is 0 Å². The van der Waals surface area contributed by atoms with E-state index in [9.17, 15) is 18.0 Å². The topological polar surface area (TPSA) is 71.7 Å². The van der Waals surface area contributed by atoms with E-state index >= 15 is 0 Å². The molecular weight excluding hydrogens is 425 g/mol. The second-order valence-electron chi connectivity index (χ2n) is 7.66. The molecule has 7 nitrogen and oxygen atoms in total. The number of carbonyl (C=O) groups is 1. The first kappa shape index (κ1) is 23.9. The zero-order valence-corrected chi connectivity index (χ0v) is 18.1. The van der Waals surface area contributed by atoms with Crippen LogP contribution in [0.2, 0.25) is 0 Å². The number of aromatic nitrogens is 2. The number of hydrogen-bond acceptors (Lipinski definition) is 6. The zero-order valence-electron chi connectivity index (χ0n) is 18.1. The lowest BCUT2D eigenvalue weighted by atomic mass is 10.1. The van der Waals surface area contributed by atoms with E-state index in [1.54, 1.807) is 17.9 Å². The summed E-state index contributed by atoms with van der Waals surface area (Å²) in [5, 5.41) is 3.86. The average Bonchev–Trinajstić information content (AvgIpc) is 3.28. The Morgan fingerprint density at radius 3 is 2.66 bits per heavy atom. The number of amides is 1. The number of carbonyl (C=O) groups excluding carboxylic acids is 1. The Morgan fingerprint density at radius 1 is 1.28 bits per heavy atom. The molecule has 1 aliphatic rings. The minimum absolute atomic E-state index is 0.0500. The predicted octanol–water partition coefficient (Wildman–Crippen LogP) is 3.94. The summed E-state index contributed by atoms with van der Waals surface area (Å²) in [6, 6.07) is 4.59. The van der Waals surface area contributed by atoms with E-state index in [4.69, 9.17) is 9.26 Å². The van der Waals surface area contributed by atoms with Gasteiger partial charge < -0.3 is 14.2 Å². The van der Waals surface area contributed by atoms with Crippen LogP contribution in [0.15, 0.2) is 41.4 Å². The summed E-state index contributed by atoms with van der Waals surface area (Å²) in [6.07, 6.45) is -2.52. The Hall–Kier alpha value is -2.72. The lowest BCUT2D eigenvalue weighted by Crippen LogP contribution is -2.51. The van der Waals surface area contributed by atoms with Gasteiger partial charge >= 0.3 is 6.18 Å². The van der Waals surface area contributed by atoms with Crippen molar-refractivity contribution in [2.45, 2.75) is 38.6 Å². The number of rotatable bonds is 8. The fraction of sp³-hybridized carbons (Fsp3) is 0.500. The van der Waals surface area contributed by atoms with Crippen molar-refractivity contribution >= 4 is 5.91 Å². The molecule has 2 unspecified atom stereocenters. The Balaban J connectivity index is 1.58.